The van der Waals surface area contributed by atoms with Crippen molar-refractivity contribution in [3.8, 4) is 17.3 Å². The van der Waals surface area contributed by atoms with Gasteiger partial charge in [0.25, 0.3) is 0 Å². The van der Waals surface area contributed by atoms with Crippen molar-refractivity contribution in [2.45, 2.75) is 104 Å². The van der Waals surface area contributed by atoms with E-state index in [-0.39, 0.29) is 21.3 Å². The van der Waals surface area contributed by atoms with Crippen LogP contribution in [-0.2, 0) is 27.4 Å². The van der Waals surface area contributed by atoms with E-state index in [1.54, 1.807) is 0 Å². The van der Waals surface area contributed by atoms with E-state index in [0.29, 0.717) is 6.67 Å². The maximum Gasteiger partial charge on any atom is 0.466 e. The first-order chi connectivity index (χ1) is 32.7. The summed E-state index contributed by atoms with van der Waals surface area (Å²) in [4.78, 5) is 9.36. The van der Waals surface area contributed by atoms with Crippen LogP contribution in [0.2, 0.25) is 21.3 Å². The Kier molecular flexibility index (Phi) is 12.2. The molecule has 11 nitrogen and oxygen atoms in total. The van der Waals surface area contributed by atoms with Crippen LogP contribution in [0.1, 0.15) is 83.1 Å². The van der Waals surface area contributed by atoms with Gasteiger partial charge in [0.2, 0.25) is 0 Å². The molecule has 2 fully saturated rings. The van der Waals surface area contributed by atoms with Crippen molar-refractivity contribution >= 4 is 98.2 Å². The average molecular weight is 918 g/mol. The largest absolute Gasteiger partial charge is 0.466 e. The summed E-state index contributed by atoms with van der Waals surface area (Å²) in [7, 11) is -3.58. The quantitative estimate of drug-likeness (QED) is 0.144. The van der Waals surface area contributed by atoms with Crippen LogP contribution in [0.15, 0.2) is 134 Å². The molecule has 0 N–H and O–H groups in total. The third kappa shape index (κ3) is 9.49. The number of aromatic nitrogens is 2. The Bertz CT molecular complexity index is 2890. The molecule has 17 heteroatoms. The standard InChI is InChI=1S/C52H60B6N4O7/c1-49(2,3)55-64-53(65-56(68-55)50(4,5)6)36-30-37(54-66-57(51(7,8)9)69-58(67-54)52(10,11)12)32-39(31-36)61-35-60(45-24-15-16-25-46(45)61)38-20-19-21-40(33-38)63-41-27-28-43-42-22-13-14-23-44(42)62(47(43)34-41)48-26-17-18-29-59-48/h13-34H,35H2,1-12H3. The first kappa shape index (κ1) is 47.3. The van der Waals surface area contributed by atoms with E-state index < -0.39 is 42.7 Å². The van der Waals surface area contributed by atoms with Crippen molar-refractivity contribution in [3.63, 3.8) is 0 Å². The molecule has 0 spiro atoms. The Morgan fingerprint density at radius 2 is 0.957 bits per heavy atom. The number of hydrogen-bond donors (Lipinski definition) is 0. The van der Waals surface area contributed by atoms with Gasteiger partial charge in [-0.25, -0.2) is 4.98 Å². The molecule has 5 heterocycles. The maximum absolute atomic E-state index is 6.76. The molecule has 0 aliphatic carbocycles. The summed E-state index contributed by atoms with van der Waals surface area (Å²) in [6.45, 7) is 26.0. The Hall–Kier alpha value is -5.40. The van der Waals surface area contributed by atoms with E-state index in [4.69, 9.17) is 37.2 Å². The van der Waals surface area contributed by atoms with E-state index in [2.05, 4.69) is 188 Å². The molecule has 3 aliphatic heterocycles. The third-order valence-corrected chi connectivity index (χ3v) is 12.8. The summed E-state index contributed by atoms with van der Waals surface area (Å²) in [5.74, 6) is 2.30. The molecule has 10 rings (SSSR count). The highest BCUT2D eigenvalue weighted by molar-refractivity contribution is 6.83. The zero-order valence-corrected chi connectivity index (χ0v) is 42.0. The number of fused-ring (bicyclic) bond motifs is 4. The van der Waals surface area contributed by atoms with Gasteiger partial charge in [-0.05, 0) is 98.9 Å². The van der Waals surface area contributed by atoms with Crippen LogP contribution >= 0.6 is 0 Å². The molecular weight excluding hydrogens is 857 g/mol. The highest BCUT2D eigenvalue weighted by Crippen LogP contribution is 2.46. The number of benzene rings is 5. The van der Waals surface area contributed by atoms with Gasteiger partial charge in [0.15, 0.2) is 0 Å². The summed E-state index contributed by atoms with van der Waals surface area (Å²) in [6.07, 6.45) is 1.83. The SMILES string of the molecule is CC(C)(C)B1OB(c2cc(B3OB(C(C)(C)C)OB(C(C)(C)C)O3)cc(N3CN(c4cccc(Oc5ccc6c7ccccc7n(-c7ccccn7)c6c5)c4)c4ccccc43)c2)OB(C(C)(C)C)O1. The van der Waals surface area contributed by atoms with E-state index >= 15 is 0 Å². The molecule has 0 radical (unpaired) electrons. The maximum atomic E-state index is 6.76. The van der Waals surface area contributed by atoms with Crippen LogP contribution in [-0.4, -0.2) is 58.9 Å². The number of hydrogen-bond acceptors (Lipinski definition) is 10. The first-order valence-electron chi connectivity index (χ1n) is 24.1. The molecule has 0 amide bonds. The van der Waals surface area contributed by atoms with Gasteiger partial charge in [-0.1, -0.05) is 132 Å². The average Bonchev–Trinajstić information content (AvgIpc) is 3.87. The van der Waals surface area contributed by atoms with E-state index in [9.17, 15) is 0 Å². The van der Waals surface area contributed by atoms with Crippen LogP contribution < -0.4 is 25.5 Å². The monoisotopic (exact) mass is 919 g/mol. The van der Waals surface area contributed by atoms with E-state index in [1.165, 1.54) is 0 Å². The van der Waals surface area contributed by atoms with Crippen molar-refractivity contribution in [2.75, 3.05) is 16.5 Å². The lowest BCUT2D eigenvalue weighted by molar-refractivity contribution is 0.250. The lowest BCUT2D eigenvalue weighted by Crippen LogP contribution is -2.61. The molecule has 0 unspecified atom stereocenters. The minimum Gasteiger partial charge on any atom is -0.457 e. The van der Waals surface area contributed by atoms with Gasteiger partial charge in [0, 0.05) is 40.5 Å². The molecule has 0 atom stereocenters. The molecular formula is C52H60B6N4O7. The zero-order chi connectivity index (χ0) is 48.6. The molecule has 2 aromatic heterocycles. The summed E-state index contributed by atoms with van der Waals surface area (Å²) in [5.41, 5.74) is 7.79. The normalized spacial score (nSPS) is 16.3. The first-order valence-corrected chi connectivity index (χ1v) is 24.1. The Morgan fingerprint density at radius 1 is 0.449 bits per heavy atom. The van der Waals surface area contributed by atoms with Gasteiger partial charge in [-0.15, -0.1) is 0 Å². The minimum atomic E-state index is -0.741. The van der Waals surface area contributed by atoms with Gasteiger partial charge in [-0.3, -0.25) is 4.57 Å². The summed E-state index contributed by atoms with van der Waals surface area (Å²) in [6, 6.07) is 43.9. The lowest BCUT2D eigenvalue weighted by atomic mass is 9.49. The zero-order valence-electron chi connectivity index (χ0n) is 42.0. The molecule has 3 aliphatic rings. The number of pyridine rings is 1. The van der Waals surface area contributed by atoms with Crippen LogP contribution in [0.4, 0.5) is 22.7 Å². The molecule has 348 valence electrons. The molecule has 2 saturated heterocycles. The summed E-state index contributed by atoms with van der Waals surface area (Å²) >= 11 is 0. The van der Waals surface area contributed by atoms with Crippen molar-refractivity contribution in [2.24, 2.45) is 0 Å². The fourth-order valence-electron chi connectivity index (χ4n) is 9.15. The number of ether oxygens (including phenoxy) is 1. The third-order valence-electron chi connectivity index (χ3n) is 12.8. The topological polar surface area (TPSA) is 88.9 Å². The number of nitrogens with zero attached hydrogens (tertiary/aromatic N) is 4. The Labute approximate surface area is 410 Å². The van der Waals surface area contributed by atoms with Gasteiger partial charge in [0.1, 0.15) is 24.0 Å². The van der Waals surface area contributed by atoms with Crippen molar-refractivity contribution < 1.29 is 32.2 Å². The van der Waals surface area contributed by atoms with Crippen LogP contribution in [0, 0.1) is 0 Å². The molecule has 0 saturated carbocycles. The lowest BCUT2D eigenvalue weighted by Gasteiger charge is -2.42. The van der Waals surface area contributed by atoms with Gasteiger partial charge in [-0.2, -0.15) is 0 Å². The van der Waals surface area contributed by atoms with Crippen LogP contribution in [0.5, 0.6) is 11.5 Å². The number of para-hydroxylation sites is 3. The van der Waals surface area contributed by atoms with Crippen molar-refractivity contribution in [1.82, 2.24) is 9.55 Å². The number of anilines is 4. The fourth-order valence-corrected chi connectivity index (χ4v) is 9.15. The number of rotatable bonds is 7. The Morgan fingerprint density at radius 3 is 1.51 bits per heavy atom. The second-order valence-corrected chi connectivity index (χ2v) is 22.9. The second kappa shape index (κ2) is 17.8. The van der Waals surface area contributed by atoms with Gasteiger partial charge < -0.3 is 42.0 Å². The molecule has 69 heavy (non-hydrogen) atoms. The Balaban J connectivity index is 1.02. The van der Waals surface area contributed by atoms with Crippen molar-refractivity contribution in [3.05, 3.63) is 134 Å². The second-order valence-electron chi connectivity index (χ2n) is 22.9. The minimum absolute atomic E-state index is 0.322. The van der Waals surface area contributed by atoms with Crippen molar-refractivity contribution in [1.29, 1.82) is 0 Å². The summed E-state index contributed by atoms with van der Waals surface area (Å²) in [5, 5.41) is 1.01. The van der Waals surface area contributed by atoms with Crippen LogP contribution in [0.25, 0.3) is 27.6 Å². The summed E-state index contributed by atoms with van der Waals surface area (Å²) < 4.78 is 49.0. The van der Waals surface area contributed by atoms with E-state index in [0.717, 1.165) is 72.8 Å². The fraction of sp³-hybridized carbons (Fsp3) is 0.327. The van der Waals surface area contributed by atoms with Gasteiger partial charge in [0.05, 0.1) is 22.4 Å². The highest BCUT2D eigenvalue weighted by atomic mass is 16.7. The van der Waals surface area contributed by atoms with E-state index in [1.807, 2.05) is 42.6 Å². The predicted molar refractivity (Wildman–Crippen MR) is 286 cm³/mol. The predicted octanol–water partition coefficient (Wildman–Crippen LogP) is 11.9. The van der Waals surface area contributed by atoms with Crippen LogP contribution in [0.3, 0.4) is 0 Å². The smallest absolute Gasteiger partial charge is 0.457 e. The molecule has 0 bridgehead atoms. The van der Waals surface area contributed by atoms with Gasteiger partial charge >= 0.3 is 42.7 Å². The molecule has 7 aromatic rings. The molecule has 5 aromatic carbocycles. The highest BCUT2D eigenvalue weighted by Gasteiger charge is 2.53.